The minimum Gasteiger partial charge on any atom is -0.385 e. The normalized spacial score (nSPS) is 10.9. The van der Waals surface area contributed by atoms with Crippen molar-refractivity contribution in [1.29, 1.82) is 0 Å². The molecule has 0 radical (unpaired) electrons. The average molecular weight is 475 g/mol. The lowest BCUT2D eigenvalue weighted by atomic mass is 10.1. The van der Waals surface area contributed by atoms with Gasteiger partial charge in [0.2, 0.25) is 5.91 Å². The van der Waals surface area contributed by atoms with E-state index in [1.807, 2.05) is 18.2 Å². The van der Waals surface area contributed by atoms with E-state index < -0.39 is 29.4 Å². The van der Waals surface area contributed by atoms with Gasteiger partial charge in [0, 0.05) is 30.8 Å². The number of hydrogen-bond donors (Lipinski definition) is 2. The number of nitrogens with two attached hydrogens (primary N) is 1. The van der Waals surface area contributed by atoms with E-state index in [2.05, 4.69) is 4.98 Å². The maximum atomic E-state index is 14.3. The summed E-state index contributed by atoms with van der Waals surface area (Å²) in [5, 5.41) is 0.0936. The quantitative estimate of drug-likeness (QED) is 0.463. The molecule has 33 heavy (non-hydrogen) atoms. The lowest BCUT2D eigenvalue weighted by Crippen LogP contribution is -2.42. The number of halogens is 2. The topological polar surface area (TPSA) is 110 Å². The summed E-state index contributed by atoms with van der Waals surface area (Å²) in [6.45, 7) is 0.468. The average Bonchev–Trinajstić information content (AvgIpc) is 2.78. The second-order valence-corrected chi connectivity index (χ2v) is 7.74. The van der Waals surface area contributed by atoms with Gasteiger partial charge in [-0.2, -0.15) is 0 Å². The van der Waals surface area contributed by atoms with E-state index in [9.17, 15) is 18.8 Å². The summed E-state index contributed by atoms with van der Waals surface area (Å²) in [5.41, 5.74) is 5.34. The van der Waals surface area contributed by atoms with E-state index in [0.717, 1.165) is 10.5 Å². The Hall–Kier alpha value is -3.43. The van der Waals surface area contributed by atoms with E-state index in [-0.39, 0.29) is 35.2 Å². The molecule has 8 nitrogen and oxygen atoms in total. The van der Waals surface area contributed by atoms with Crippen molar-refractivity contribution in [3.63, 3.8) is 0 Å². The minimum absolute atomic E-state index is 0.00788. The Bertz CT molecular complexity index is 1220. The highest BCUT2D eigenvalue weighted by molar-refractivity contribution is 6.31. The van der Waals surface area contributed by atoms with Gasteiger partial charge in [0.1, 0.15) is 11.6 Å². The zero-order valence-corrected chi connectivity index (χ0v) is 18.8. The number of aromatic amines is 1. The first-order valence-electron chi connectivity index (χ1n) is 10.2. The second-order valence-electron chi connectivity index (χ2n) is 7.33. The van der Waals surface area contributed by atoms with Crippen LogP contribution in [-0.2, 0) is 22.5 Å². The Balaban J connectivity index is 2.04. The van der Waals surface area contributed by atoms with Crippen LogP contribution in [0.3, 0.4) is 0 Å². The second kappa shape index (κ2) is 10.9. The summed E-state index contributed by atoms with van der Waals surface area (Å²) >= 11 is 6.08. The third-order valence-corrected chi connectivity index (χ3v) is 5.44. The van der Waals surface area contributed by atoms with Gasteiger partial charge in [0.15, 0.2) is 5.69 Å². The number of amides is 1. The van der Waals surface area contributed by atoms with Crippen LogP contribution < -0.4 is 21.9 Å². The van der Waals surface area contributed by atoms with Crippen molar-refractivity contribution in [2.75, 3.05) is 30.9 Å². The van der Waals surface area contributed by atoms with Crippen molar-refractivity contribution < 1.29 is 13.9 Å². The van der Waals surface area contributed by atoms with Crippen molar-refractivity contribution in [2.24, 2.45) is 0 Å². The zero-order valence-electron chi connectivity index (χ0n) is 18.0. The Morgan fingerprint density at radius 2 is 1.91 bits per heavy atom. The first kappa shape index (κ1) is 24.2. The van der Waals surface area contributed by atoms with E-state index in [0.29, 0.717) is 13.0 Å². The van der Waals surface area contributed by atoms with Crippen molar-refractivity contribution in [1.82, 2.24) is 9.55 Å². The number of carbonyl (C=O) groups excluding carboxylic acids is 1. The highest BCUT2D eigenvalue weighted by Gasteiger charge is 2.25. The Morgan fingerprint density at radius 1 is 1.18 bits per heavy atom. The van der Waals surface area contributed by atoms with Crippen LogP contribution in [0.25, 0.3) is 0 Å². The van der Waals surface area contributed by atoms with Gasteiger partial charge < -0.3 is 15.4 Å². The molecule has 2 aromatic carbocycles. The number of benzene rings is 2. The van der Waals surface area contributed by atoms with Gasteiger partial charge in [-0.1, -0.05) is 48.0 Å². The van der Waals surface area contributed by atoms with Gasteiger partial charge in [0.05, 0.1) is 13.0 Å². The molecule has 0 bridgehead atoms. The van der Waals surface area contributed by atoms with E-state index >= 15 is 0 Å². The largest absolute Gasteiger partial charge is 0.385 e. The fraction of sp³-hybridized carbons (Fsp3) is 0.261. The number of carbonyl (C=O) groups is 1. The SMILES string of the molecule is COCCCN(C(=O)Cc1c(F)cccc1Cl)c1c(N)n(Cc2ccccc2)c(=O)[nH]c1=O. The van der Waals surface area contributed by atoms with Crippen molar-refractivity contribution >= 4 is 29.0 Å². The molecule has 174 valence electrons. The van der Waals surface area contributed by atoms with Gasteiger partial charge in [0.25, 0.3) is 5.56 Å². The molecule has 0 aliphatic carbocycles. The molecule has 0 aliphatic rings. The lowest BCUT2D eigenvalue weighted by Gasteiger charge is -2.25. The molecule has 1 aromatic heterocycles. The summed E-state index contributed by atoms with van der Waals surface area (Å²) in [7, 11) is 1.51. The molecule has 0 spiro atoms. The van der Waals surface area contributed by atoms with Crippen molar-refractivity contribution in [2.45, 2.75) is 19.4 Å². The first-order valence-corrected chi connectivity index (χ1v) is 10.6. The predicted molar refractivity (Wildman–Crippen MR) is 125 cm³/mol. The Labute approximate surface area is 194 Å². The third kappa shape index (κ3) is 5.68. The number of H-pyrrole nitrogens is 1. The van der Waals surface area contributed by atoms with E-state index in [4.69, 9.17) is 22.1 Å². The summed E-state index contributed by atoms with van der Waals surface area (Å²) in [6, 6.07) is 13.2. The highest BCUT2D eigenvalue weighted by Crippen LogP contribution is 2.23. The molecule has 3 N–H and O–H groups in total. The van der Waals surface area contributed by atoms with Crippen LogP contribution in [-0.4, -0.2) is 35.7 Å². The molecular formula is C23H24ClFN4O4. The van der Waals surface area contributed by atoms with Gasteiger partial charge in [-0.25, -0.2) is 9.18 Å². The lowest BCUT2D eigenvalue weighted by molar-refractivity contribution is -0.118. The molecule has 3 rings (SSSR count). The molecule has 1 heterocycles. The standard InChI is InChI=1S/C23H24ClFN4O4/c1-33-12-6-11-28(19(30)13-16-17(24)9-5-10-18(16)25)20-21(26)29(23(32)27-22(20)31)14-15-7-3-2-4-8-15/h2-5,7-10H,6,11-14,26H2,1H3,(H,27,31,32). The van der Waals surface area contributed by atoms with Crippen LogP contribution in [0.2, 0.25) is 5.02 Å². The summed E-state index contributed by atoms with van der Waals surface area (Å²) in [5.74, 6) is -1.40. The first-order chi connectivity index (χ1) is 15.8. The van der Waals surface area contributed by atoms with E-state index in [1.165, 1.54) is 29.9 Å². The van der Waals surface area contributed by atoms with E-state index in [1.54, 1.807) is 12.1 Å². The van der Waals surface area contributed by atoms with Crippen LogP contribution in [0.1, 0.15) is 17.5 Å². The molecule has 1 amide bonds. The predicted octanol–water partition coefficient (Wildman–Crippen LogP) is 2.57. The van der Waals surface area contributed by atoms with Gasteiger partial charge >= 0.3 is 5.69 Å². The number of rotatable bonds is 9. The van der Waals surface area contributed by atoms with Gasteiger partial charge in [-0.3, -0.25) is 19.1 Å². The molecule has 0 saturated heterocycles. The number of hydrogen-bond acceptors (Lipinski definition) is 5. The molecule has 0 aliphatic heterocycles. The maximum Gasteiger partial charge on any atom is 0.330 e. The Kier molecular flexibility index (Phi) is 8.02. The van der Waals surface area contributed by atoms with Gasteiger partial charge in [-0.15, -0.1) is 0 Å². The number of aromatic nitrogens is 2. The molecule has 0 fully saturated rings. The highest BCUT2D eigenvalue weighted by atomic mass is 35.5. The van der Waals surface area contributed by atoms with Crippen LogP contribution in [0.5, 0.6) is 0 Å². The number of methoxy groups -OCH3 is 1. The molecule has 0 atom stereocenters. The molecular weight excluding hydrogens is 451 g/mol. The number of nitrogens with one attached hydrogen (secondary N) is 1. The molecule has 0 unspecified atom stereocenters. The van der Waals surface area contributed by atoms with Crippen LogP contribution in [0.4, 0.5) is 15.9 Å². The summed E-state index contributed by atoms with van der Waals surface area (Å²) in [4.78, 5) is 41.9. The molecule has 0 saturated carbocycles. The molecule has 10 heteroatoms. The maximum absolute atomic E-state index is 14.3. The van der Waals surface area contributed by atoms with Crippen LogP contribution in [0.15, 0.2) is 58.1 Å². The Morgan fingerprint density at radius 3 is 2.58 bits per heavy atom. The summed E-state index contributed by atoms with van der Waals surface area (Å²) < 4.78 is 20.5. The number of nitrogen functional groups attached to an aromatic ring is 1. The summed E-state index contributed by atoms with van der Waals surface area (Å²) in [6.07, 6.45) is -0.0148. The molecule has 3 aromatic rings. The minimum atomic E-state index is -0.813. The monoisotopic (exact) mass is 474 g/mol. The fourth-order valence-corrected chi connectivity index (χ4v) is 3.67. The fourth-order valence-electron chi connectivity index (χ4n) is 3.44. The van der Waals surface area contributed by atoms with Crippen LogP contribution >= 0.6 is 11.6 Å². The number of nitrogens with zero attached hydrogens (tertiary/aromatic N) is 2. The third-order valence-electron chi connectivity index (χ3n) is 5.09. The zero-order chi connectivity index (χ0) is 24.0. The number of ether oxygens (including phenoxy) is 1. The number of anilines is 2. The van der Waals surface area contributed by atoms with Crippen LogP contribution in [0, 0.1) is 5.82 Å². The smallest absolute Gasteiger partial charge is 0.330 e. The van der Waals surface area contributed by atoms with Gasteiger partial charge in [-0.05, 0) is 24.1 Å². The van der Waals surface area contributed by atoms with Crippen molar-refractivity contribution in [3.05, 3.63) is 91.3 Å². The van der Waals surface area contributed by atoms with Crippen molar-refractivity contribution in [3.8, 4) is 0 Å².